The molecule has 0 saturated heterocycles. The van der Waals surface area contributed by atoms with Gasteiger partial charge in [-0.05, 0) is 37.3 Å². The largest absolute Gasteiger partial charge is 0.362 e. The minimum Gasteiger partial charge on any atom is -0.362 e. The van der Waals surface area contributed by atoms with Crippen molar-refractivity contribution in [3.8, 4) is 0 Å². The van der Waals surface area contributed by atoms with Gasteiger partial charge in [0.05, 0.1) is 11.7 Å². The van der Waals surface area contributed by atoms with E-state index in [1.807, 2.05) is 6.26 Å². The molecule has 118 valence electrons. The molecular weight excluding hydrogens is 321 g/mol. The topological polar surface area (TPSA) is 37.8 Å². The summed E-state index contributed by atoms with van der Waals surface area (Å²) in [5.74, 6) is 0.469. The van der Waals surface area contributed by atoms with Crippen molar-refractivity contribution in [3.05, 3.63) is 46.9 Å². The zero-order valence-electron chi connectivity index (χ0n) is 12.8. The third-order valence-electron chi connectivity index (χ3n) is 3.43. The van der Waals surface area contributed by atoms with Gasteiger partial charge in [-0.3, -0.25) is 0 Å². The maximum Gasteiger partial charge on any atom is 0.149 e. The molecular formula is C16H19ClFN3S. The number of benzene rings is 1. The Bertz CT molecular complexity index is 619. The number of nitrogens with zero attached hydrogens (tertiary/aromatic N) is 2. The van der Waals surface area contributed by atoms with Crippen LogP contribution in [-0.4, -0.2) is 16.2 Å². The SMILES string of the molecule is CCC(Nc1ncnc(C(C)F)c1Cl)c1ccc(SC)cc1. The molecule has 1 heterocycles. The van der Waals surface area contributed by atoms with Crippen LogP contribution in [0.2, 0.25) is 5.02 Å². The van der Waals surface area contributed by atoms with E-state index in [0.717, 1.165) is 12.0 Å². The van der Waals surface area contributed by atoms with Crippen molar-refractivity contribution in [1.82, 2.24) is 9.97 Å². The number of anilines is 1. The molecule has 2 rings (SSSR count). The van der Waals surface area contributed by atoms with Crippen LogP contribution < -0.4 is 5.32 Å². The van der Waals surface area contributed by atoms with Gasteiger partial charge >= 0.3 is 0 Å². The first-order chi connectivity index (χ1) is 10.6. The van der Waals surface area contributed by atoms with Crippen LogP contribution in [0, 0.1) is 0 Å². The van der Waals surface area contributed by atoms with Crippen LogP contribution >= 0.6 is 23.4 Å². The number of aromatic nitrogens is 2. The van der Waals surface area contributed by atoms with Crippen molar-refractivity contribution in [2.24, 2.45) is 0 Å². The number of rotatable bonds is 6. The van der Waals surface area contributed by atoms with Crippen LogP contribution in [-0.2, 0) is 0 Å². The van der Waals surface area contributed by atoms with Crippen LogP contribution in [0.15, 0.2) is 35.5 Å². The van der Waals surface area contributed by atoms with E-state index >= 15 is 0 Å². The van der Waals surface area contributed by atoms with E-state index in [4.69, 9.17) is 11.6 Å². The molecule has 1 aromatic heterocycles. The molecule has 3 nitrogen and oxygen atoms in total. The zero-order chi connectivity index (χ0) is 16.1. The molecule has 0 fully saturated rings. The molecule has 0 aliphatic heterocycles. The van der Waals surface area contributed by atoms with Gasteiger partial charge in [0, 0.05) is 4.90 Å². The van der Waals surface area contributed by atoms with E-state index in [0.29, 0.717) is 5.82 Å². The van der Waals surface area contributed by atoms with Crippen LogP contribution in [0.4, 0.5) is 10.2 Å². The van der Waals surface area contributed by atoms with E-state index in [9.17, 15) is 4.39 Å². The highest BCUT2D eigenvalue weighted by Crippen LogP contribution is 2.31. The standard InChI is InChI=1S/C16H19ClFN3S/c1-4-13(11-5-7-12(22-3)8-6-11)21-16-14(17)15(10(2)18)19-9-20-16/h5-10,13H,4H2,1-3H3,(H,19,20,21). The second-order valence-corrected chi connectivity index (χ2v) is 6.17. The molecule has 0 saturated carbocycles. The molecule has 22 heavy (non-hydrogen) atoms. The average Bonchev–Trinajstić information content (AvgIpc) is 2.54. The molecule has 1 N–H and O–H groups in total. The molecule has 2 aromatic rings. The maximum atomic E-state index is 13.5. The van der Waals surface area contributed by atoms with E-state index in [1.54, 1.807) is 11.8 Å². The van der Waals surface area contributed by atoms with E-state index in [2.05, 4.69) is 46.5 Å². The summed E-state index contributed by atoms with van der Waals surface area (Å²) >= 11 is 7.91. The average molecular weight is 340 g/mol. The Kier molecular flexibility index (Phi) is 6.03. The lowest BCUT2D eigenvalue weighted by molar-refractivity contribution is 0.365. The number of hydrogen-bond donors (Lipinski definition) is 1. The van der Waals surface area contributed by atoms with Crippen molar-refractivity contribution < 1.29 is 4.39 Å². The van der Waals surface area contributed by atoms with Gasteiger partial charge in [0.25, 0.3) is 0 Å². The first-order valence-corrected chi connectivity index (χ1v) is 8.72. The molecule has 6 heteroatoms. The highest BCUT2D eigenvalue weighted by Gasteiger charge is 2.17. The summed E-state index contributed by atoms with van der Waals surface area (Å²) in [5.41, 5.74) is 1.36. The highest BCUT2D eigenvalue weighted by molar-refractivity contribution is 7.98. The number of alkyl halides is 1. The zero-order valence-corrected chi connectivity index (χ0v) is 14.4. The number of halogens is 2. The van der Waals surface area contributed by atoms with Gasteiger partial charge in [0.1, 0.15) is 23.3 Å². The van der Waals surface area contributed by atoms with Crippen LogP contribution in [0.5, 0.6) is 0 Å². The van der Waals surface area contributed by atoms with Gasteiger partial charge < -0.3 is 5.32 Å². The molecule has 2 unspecified atom stereocenters. The molecule has 1 aromatic carbocycles. The lowest BCUT2D eigenvalue weighted by Gasteiger charge is -2.20. The minimum absolute atomic E-state index is 0.0612. The summed E-state index contributed by atoms with van der Waals surface area (Å²) in [6.07, 6.45) is 3.02. The molecule has 0 bridgehead atoms. The Hall–Kier alpha value is -1.33. The highest BCUT2D eigenvalue weighted by atomic mass is 35.5. The first-order valence-electron chi connectivity index (χ1n) is 7.11. The number of hydrogen-bond acceptors (Lipinski definition) is 4. The predicted molar refractivity (Wildman–Crippen MR) is 91.4 cm³/mol. The molecule has 2 atom stereocenters. The van der Waals surface area contributed by atoms with Gasteiger partial charge in [-0.2, -0.15) is 0 Å². The van der Waals surface area contributed by atoms with Gasteiger partial charge in [0.2, 0.25) is 0 Å². The Morgan fingerprint density at radius 3 is 2.50 bits per heavy atom. The number of thioether (sulfide) groups is 1. The molecule has 0 radical (unpaired) electrons. The quantitative estimate of drug-likeness (QED) is 0.710. The van der Waals surface area contributed by atoms with E-state index in [-0.39, 0.29) is 16.8 Å². The molecule has 0 aliphatic carbocycles. The lowest BCUT2D eigenvalue weighted by Crippen LogP contribution is -2.12. The van der Waals surface area contributed by atoms with Gasteiger partial charge in [0.15, 0.2) is 0 Å². The second-order valence-electron chi connectivity index (χ2n) is 4.92. The van der Waals surface area contributed by atoms with Crippen molar-refractivity contribution in [2.45, 2.75) is 37.4 Å². The van der Waals surface area contributed by atoms with Gasteiger partial charge in [-0.25, -0.2) is 14.4 Å². The summed E-state index contributed by atoms with van der Waals surface area (Å²) in [4.78, 5) is 9.26. The molecule has 0 spiro atoms. The van der Waals surface area contributed by atoms with Crippen LogP contribution in [0.25, 0.3) is 0 Å². The number of nitrogens with one attached hydrogen (secondary N) is 1. The summed E-state index contributed by atoms with van der Waals surface area (Å²) in [6, 6.07) is 8.40. The summed E-state index contributed by atoms with van der Waals surface area (Å²) < 4.78 is 13.5. The van der Waals surface area contributed by atoms with Crippen LogP contribution in [0.3, 0.4) is 0 Å². The predicted octanol–water partition coefficient (Wildman–Crippen LogP) is 5.45. The van der Waals surface area contributed by atoms with Crippen molar-refractivity contribution in [1.29, 1.82) is 0 Å². The first kappa shape index (κ1) is 17.0. The fraction of sp³-hybridized carbons (Fsp3) is 0.375. The van der Waals surface area contributed by atoms with Crippen LogP contribution in [0.1, 0.15) is 43.7 Å². The van der Waals surface area contributed by atoms with Crippen molar-refractivity contribution in [3.63, 3.8) is 0 Å². The smallest absolute Gasteiger partial charge is 0.149 e. The Morgan fingerprint density at radius 2 is 1.95 bits per heavy atom. The Morgan fingerprint density at radius 1 is 1.27 bits per heavy atom. The fourth-order valence-electron chi connectivity index (χ4n) is 2.18. The van der Waals surface area contributed by atoms with E-state index in [1.165, 1.54) is 18.1 Å². The maximum absolute atomic E-state index is 13.5. The fourth-order valence-corrected chi connectivity index (χ4v) is 2.89. The summed E-state index contributed by atoms with van der Waals surface area (Å²) in [5, 5.41) is 3.54. The normalized spacial score (nSPS) is 13.7. The van der Waals surface area contributed by atoms with Gasteiger partial charge in [-0.1, -0.05) is 30.7 Å². The summed E-state index contributed by atoms with van der Waals surface area (Å²) in [7, 11) is 0. The Labute approximate surface area is 139 Å². The second kappa shape index (κ2) is 7.79. The summed E-state index contributed by atoms with van der Waals surface area (Å²) in [6.45, 7) is 3.49. The third-order valence-corrected chi connectivity index (χ3v) is 4.55. The molecule has 0 aliphatic rings. The van der Waals surface area contributed by atoms with Gasteiger partial charge in [-0.15, -0.1) is 11.8 Å². The van der Waals surface area contributed by atoms with Crippen molar-refractivity contribution in [2.75, 3.05) is 11.6 Å². The third kappa shape index (κ3) is 3.90. The monoisotopic (exact) mass is 339 g/mol. The minimum atomic E-state index is -1.23. The molecule has 0 amide bonds. The lowest BCUT2D eigenvalue weighted by atomic mass is 10.0. The Balaban J connectivity index is 2.24. The van der Waals surface area contributed by atoms with Crippen molar-refractivity contribution >= 4 is 29.2 Å². The van der Waals surface area contributed by atoms with E-state index < -0.39 is 6.17 Å².